The second-order valence-electron chi connectivity index (χ2n) is 3.63. The Morgan fingerprint density at radius 3 is 3.06 bits per heavy atom. The van der Waals surface area contributed by atoms with E-state index in [1.54, 1.807) is 16.8 Å². The Kier molecular flexibility index (Phi) is 3.54. The predicted octanol–water partition coefficient (Wildman–Crippen LogP) is 2.74. The van der Waals surface area contributed by atoms with E-state index in [9.17, 15) is 0 Å². The van der Waals surface area contributed by atoms with E-state index in [-0.39, 0.29) is 6.04 Å². The van der Waals surface area contributed by atoms with E-state index in [1.807, 2.05) is 36.6 Å². The van der Waals surface area contributed by atoms with Crippen LogP contribution in [0.5, 0.6) is 5.75 Å². The maximum atomic E-state index is 5.81. The van der Waals surface area contributed by atoms with E-state index in [2.05, 4.69) is 4.98 Å². The van der Waals surface area contributed by atoms with Gasteiger partial charge in [0.1, 0.15) is 12.4 Å². The van der Waals surface area contributed by atoms with Gasteiger partial charge in [0.2, 0.25) is 0 Å². The van der Waals surface area contributed by atoms with Gasteiger partial charge in [0, 0.05) is 11.4 Å². The number of hydrogen-bond donors (Lipinski definition) is 1. The molecule has 0 amide bonds. The first-order valence-corrected chi connectivity index (χ1v) is 6.05. The van der Waals surface area contributed by atoms with Crippen molar-refractivity contribution in [3.05, 3.63) is 46.4 Å². The van der Waals surface area contributed by atoms with Crippen LogP contribution in [0.25, 0.3) is 0 Å². The normalized spacial score (nSPS) is 12.4. The fourth-order valence-electron chi connectivity index (χ4n) is 1.35. The molecule has 4 heteroatoms. The lowest BCUT2D eigenvalue weighted by Crippen LogP contribution is -2.05. The highest BCUT2D eigenvalue weighted by Crippen LogP contribution is 2.18. The molecule has 2 aromatic rings. The van der Waals surface area contributed by atoms with Gasteiger partial charge in [-0.05, 0) is 24.6 Å². The summed E-state index contributed by atoms with van der Waals surface area (Å²) in [6.07, 6.45) is 0. The Labute approximate surface area is 98.9 Å². The molecule has 16 heavy (non-hydrogen) atoms. The summed E-state index contributed by atoms with van der Waals surface area (Å²) in [5.74, 6) is 0.836. The minimum atomic E-state index is 0.0304. The summed E-state index contributed by atoms with van der Waals surface area (Å²) < 4.78 is 5.63. The van der Waals surface area contributed by atoms with Crippen LogP contribution in [-0.2, 0) is 6.61 Å². The highest BCUT2D eigenvalue weighted by molar-refractivity contribution is 7.07. The molecule has 1 aromatic heterocycles. The third kappa shape index (κ3) is 2.81. The van der Waals surface area contributed by atoms with E-state index in [1.165, 1.54) is 0 Å². The van der Waals surface area contributed by atoms with Crippen LogP contribution in [0.4, 0.5) is 0 Å². The highest BCUT2D eigenvalue weighted by atomic mass is 32.1. The van der Waals surface area contributed by atoms with E-state index >= 15 is 0 Å². The van der Waals surface area contributed by atoms with Crippen molar-refractivity contribution >= 4 is 11.3 Å². The van der Waals surface area contributed by atoms with E-state index in [4.69, 9.17) is 10.5 Å². The van der Waals surface area contributed by atoms with Gasteiger partial charge < -0.3 is 10.5 Å². The summed E-state index contributed by atoms with van der Waals surface area (Å²) in [5.41, 5.74) is 9.64. The van der Waals surface area contributed by atoms with E-state index < -0.39 is 0 Å². The number of thiazole rings is 1. The molecule has 1 aromatic carbocycles. The first kappa shape index (κ1) is 11.1. The zero-order valence-electron chi connectivity index (χ0n) is 9.09. The molecule has 0 bridgehead atoms. The maximum Gasteiger partial charge on any atom is 0.131 e. The number of aromatic nitrogens is 1. The highest BCUT2D eigenvalue weighted by Gasteiger charge is 2.02. The van der Waals surface area contributed by atoms with Crippen LogP contribution in [0.1, 0.15) is 24.2 Å². The van der Waals surface area contributed by atoms with Gasteiger partial charge in [-0.2, -0.15) is 0 Å². The first-order chi connectivity index (χ1) is 7.75. The van der Waals surface area contributed by atoms with Gasteiger partial charge in [-0.1, -0.05) is 12.1 Å². The van der Waals surface area contributed by atoms with Crippen LogP contribution < -0.4 is 10.5 Å². The largest absolute Gasteiger partial charge is 0.487 e. The number of nitrogens with two attached hydrogens (primary N) is 1. The summed E-state index contributed by atoms with van der Waals surface area (Å²) in [4.78, 5) is 4.16. The van der Waals surface area contributed by atoms with Crippen LogP contribution in [0.3, 0.4) is 0 Å². The van der Waals surface area contributed by atoms with Crippen molar-refractivity contribution in [3.8, 4) is 5.75 Å². The van der Waals surface area contributed by atoms with Crippen molar-refractivity contribution in [2.24, 2.45) is 5.73 Å². The second-order valence-corrected chi connectivity index (χ2v) is 4.35. The fraction of sp³-hybridized carbons (Fsp3) is 0.250. The van der Waals surface area contributed by atoms with Crippen LogP contribution in [-0.4, -0.2) is 4.98 Å². The predicted molar refractivity (Wildman–Crippen MR) is 65.5 cm³/mol. The van der Waals surface area contributed by atoms with Gasteiger partial charge >= 0.3 is 0 Å². The Morgan fingerprint density at radius 2 is 2.38 bits per heavy atom. The number of benzene rings is 1. The summed E-state index contributed by atoms with van der Waals surface area (Å²) in [5, 5.41) is 1.98. The number of ether oxygens (including phenoxy) is 1. The molecule has 0 spiro atoms. The molecule has 0 unspecified atom stereocenters. The van der Waals surface area contributed by atoms with Crippen molar-refractivity contribution in [2.45, 2.75) is 19.6 Å². The number of hydrogen-bond acceptors (Lipinski definition) is 4. The average molecular weight is 234 g/mol. The minimum Gasteiger partial charge on any atom is -0.487 e. The van der Waals surface area contributed by atoms with Crippen molar-refractivity contribution in [2.75, 3.05) is 0 Å². The van der Waals surface area contributed by atoms with Gasteiger partial charge in [-0.25, -0.2) is 4.98 Å². The second kappa shape index (κ2) is 5.09. The maximum absolute atomic E-state index is 5.81. The quantitative estimate of drug-likeness (QED) is 0.884. The first-order valence-electron chi connectivity index (χ1n) is 5.11. The van der Waals surface area contributed by atoms with Crippen LogP contribution in [0.15, 0.2) is 35.2 Å². The molecule has 3 nitrogen and oxygen atoms in total. The van der Waals surface area contributed by atoms with Gasteiger partial charge in [-0.3, -0.25) is 0 Å². The van der Waals surface area contributed by atoms with Crippen molar-refractivity contribution in [1.29, 1.82) is 0 Å². The summed E-state index contributed by atoms with van der Waals surface area (Å²) >= 11 is 1.57. The molecule has 2 N–H and O–H groups in total. The third-order valence-electron chi connectivity index (χ3n) is 2.25. The van der Waals surface area contributed by atoms with Crippen LogP contribution >= 0.6 is 11.3 Å². The number of nitrogens with zero attached hydrogens (tertiary/aromatic N) is 1. The molecule has 0 aliphatic carbocycles. The fourth-order valence-corrected chi connectivity index (χ4v) is 1.90. The SMILES string of the molecule is C[C@@H](N)c1cccc(OCc2cscn2)c1. The minimum absolute atomic E-state index is 0.0304. The molecular weight excluding hydrogens is 220 g/mol. The zero-order chi connectivity index (χ0) is 11.4. The summed E-state index contributed by atoms with van der Waals surface area (Å²) in [7, 11) is 0. The van der Waals surface area contributed by atoms with Gasteiger partial charge in [-0.15, -0.1) is 11.3 Å². The molecule has 2 rings (SSSR count). The topological polar surface area (TPSA) is 48.1 Å². The molecule has 1 atom stereocenters. The Morgan fingerprint density at radius 1 is 1.50 bits per heavy atom. The third-order valence-corrected chi connectivity index (χ3v) is 2.89. The van der Waals surface area contributed by atoms with E-state index in [0.717, 1.165) is 17.0 Å². The van der Waals surface area contributed by atoms with Crippen molar-refractivity contribution in [1.82, 2.24) is 4.98 Å². The number of rotatable bonds is 4. The Balaban J connectivity index is 2.01. The molecule has 0 radical (unpaired) electrons. The molecule has 0 saturated carbocycles. The molecule has 1 heterocycles. The Hall–Kier alpha value is -1.39. The summed E-state index contributed by atoms with van der Waals surface area (Å²) in [6.45, 7) is 2.46. The van der Waals surface area contributed by atoms with Gasteiger partial charge in [0.15, 0.2) is 0 Å². The molecule has 0 fully saturated rings. The monoisotopic (exact) mass is 234 g/mol. The Bertz CT molecular complexity index is 440. The zero-order valence-corrected chi connectivity index (χ0v) is 9.91. The molecule has 0 saturated heterocycles. The van der Waals surface area contributed by atoms with Gasteiger partial charge in [0.25, 0.3) is 0 Å². The van der Waals surface area contributed by atoms with Crippen LogP contribution in [0, 0.1) is 0 Å². The molecule has 0 aliphatic rings. The standard InChI is InChI=1S/C12H14N2OS/c1-9(13)10-3-2-4-12(5-10)15-6-11-7-16-8-14-11/h2-5,7-9H,6,13H2,1H3/t9-/m1/s1. The van der Waals surface area contributed by atoms with Crippen molar-refractivity contribution < 1.29 is 4.74 Å². The lowest BCUT2D eigenvalue weighted by atomic mass is 10.1. The summed E-state index contributed by atoms with van der Waals surface area (Å²) in [6, 6.07) is 7.88. The van der Waals surface area contributed by atoms with Crippen molar-refractivity contribution in [3.63, 3.8) is 0 Å². The smallest absolute Gasteiger partial charge is 0.131 e. The average Bonchev–Trinajstić information content (AvgIpc) is 2.79. The van der Waals surface area contributed by atoms with Crippen LogP contribution in [0.2, 0.25) is 0 Å². The molecular formula is C12H14N2OS. The van der Waals surface area contributed by atoms with Gasteiger partial charge in [0.05, 0.1) is 11.2 Å². The lowest BCUT2D eigenvalue weighted by Gasteiger charge is -2.09. The lowest BCUT2D eigenvalue weighted by molar-refractivity contribution is 0.301. The molecule has 84 valence electrons. The van der Waals surface area contributed by atoms with E-state index in [0.29, 0.717) is 6.61 Å². The molecule has 0 aliphatic heterocycles.